The van der Waals surface area contributed by atoms with Crippen LogP contribution in [0.15, 0.2) is 10.2 Å². The van der Waals surface area contributed by atoms with Crippen molar-refractivity contribution < 1.29 is 28.5 Å². The average molecular weight is 316 g/mol. The van der Waals surface area contributed by atoms with Crippen LogP contribution in [0.25, 0.3) is 20.9 Å². The molecule has 0 saturated heterocycles. The zero-order valence-electron chi connectivity index (χ0n) is 11.8. The van der Waals surface area contributed by atoms with Gasteiger partial charge >= 0.3 is 11.9 Å². The molecule has 0 atom stereocenters. The van der Waals surface area contributed by atoms with E-state index in [1.54, 1.807) is 0 Å². The molecule has 12 nitrogen and oxygen atoms in total. The summed E-state index contributed by atoms with van der Waals surface area (Å²) in [5.74, 6) is -1.25. The Labute approximate surface area is 125 Å². The Bertz CT molecular complexity index is 392. The van der Waals surface area contributed by atoms with Crippen LogP contribution in [0.1, 0.15) is 0 Å². The molecule has 0 spiro atoms. The van der Waals surface area contributed by atoms with E-state index in [2.05, 4.69) is 29.5 Å². The summed E-state index contributed by atoms with van der Waals surface area (Å²) in [5.41, 5.74) is 16.0. The average Bonchev–Trinajstić information content (AvgIpc) is 2.52. The highest BCUT2D eigenvalue weighted by Crippen LogP contribution is 1.86. The highest BCUT2D eigenvalue weighted by atomic mass is 16.6. The standard InChI is InChI=1S/C10H16N6O6/c11-15-13-7-9(17)21-5-3-19-1-2-20-4-6-22-10(18)8-14-16-12/h1-8H2. The quantitative estimate of drug-likeness (QED) is 0.159. The summed E-state index contributed by atoms with van der Waals surface area (Å²) in [4.78, 5) is 26.6. The molecule has 0 unspecified atom stereocenters. The smallest absolute Gasteiger partial charge is 0.311 e. The minimum atomic E-state index is -0.625. The van der Waals surface area contributed by atoms with Gasteiger partial charge in [-0.25, -0.2) is 0 Å². The Morgan fingerprint density at radius 1 is 0.727 bits per heavy atom. The Morgan fingerprint density at radius 3 is 1.45 bits per heavy atom. The fourth-order valence-corrected chi connectivity index (χ4v) is 1.02. The number of azide groups is 2. The van der Waals surface area contributed by atoms with Gasteiger partial charge in [-0.15, -0.1) is 0 Å². The van der Waals surface area contributed by atoms with Crippen LogP contribution in [0.4, 0.5) is 0 Å². The van der Waals surface area contributed by atoms with Gasteiger partial charge in [-0.3, -0.25) is 9.59 Å². The van der Waals surface area contributed by atoms with Gasteiger partial charge in [0.2, 0.25) is 0 Å². The second-order valence-corrected chi connectivity index (χ2v) is 3.44. The third-order valence-corrected chi connectivity index (χ3v) is 1.88. The number of nitrogens with zero attached hydrogens (tertiary/aromatic N) is 6. The van der Waals surface area contributed by atoms with Gasteiger partial charge in [-0.05, 0) is 11.1 Å². The van der Waals surface area contributed by atoms with Crippen LogP contribution in [0.5, 0.6) is 0 Å². The molecule has 0 amide bonds. The topological polar surface area (TPSA) is 169 Å². The van der Waals surface area contributed by atoms with E-state index in [4.69, 9.17) is 20.5 Å². The third-order valence-electron chi connectivity index (χ3n) is 1.88. The van der Waals surface area contributed by atoms with Crippen molar-refractivity contribution in [3.63, 3.8) is 0 Å². The first kappa shape index (κ1) is 19.5. The van der Waals surface area contributed by atoms with Crippen LogP contribution in [0.2, 0.25) is 0 Å². The maximum absolute atomic E-state index is 10.9. The number of hydrogen-bond acceptors (Lipinski definition) is 8. The van der Waals surface area contributed by atoms with Crippen LogP contribution in [-0.4, -0.2) is 64.7 Å². The van der Waals surface area contributed by atoms with Gasteiger partial charge in [0.1, 0.15) is 26.3 Å². The lowest BCUT2D eigenvalue weighted by Gasteiger charge is -2.06. The molecule has 0 aliphatic heterocycles. The van der Waals surface area contributed by atoms with Gasteiger partial charge in [-0.2, -0.15) is 0 Å². The van der Waals surface area contributed by atoms with Gasteiger partial charge in [0.25, 0.3) is 0 Å². The van der Waals surface area contributed by atoms with Crippen molar-refractivity contribution >= 4 is 11.9 Å². The van der Waals surface area contributed by atoms with Crippen molar-refractivity contribution in [1.82, 2.24) is 0 Å². The monoisotopic (exact) mass is 316 g/mol. The molecule has 12 heteroatoms. The normalized spacial score (nSPS) is 9.27. The van der Waals surface area contributed by atoms with Gasteiger partial charge in [0.15, 0.2) is 0 Å². The predicted molar refractivity (Wildman–Crippen MR) is 71.6 cm³/mol. The minimum Gasteiger partial charge on any atom is -0.463 e. The molecule has 0 aromatic rings. The van der Waals surface area contributed by atoms with E-state index < -0.39 is 11.9 Å². The number of esters is 2. The van der Waals surface area contributed by atoms with Crippen molar-refractivity contribution in [1.29, 1.82) is 0 Å². The lowest BCUT2D eigenvalue weighted by Crippen LogP contribution is -2.16. The van der Waals surface area contributed by atoms with E-state index in [1.807, 2.05) is 0 Å². The minimum absolute atomic E-state index is 0.0524. The molecular formula is C10H16N6O6. The molecule has 0 N–H and O–H groups in total. The fourth-order valence-electron chi connectivity index (χ4n) is 1.02. The van der Waals surface area contributed by atoms with Crippen molar-refractivity contribution in [2.75, 3.05) is 52.7 Å². The molecule has 122 valence electrons. The summed E-state index contributed by atoms with van der Waals surface area (Å²) >= 11 is 0. The van der Waals surface area contributed by atoms with E-state index in [0.717, 1.165) is 0 Å². The van der Waals surface area contributed by atoms with Crippen molar-refractivity contribution in [2.45, 2.75) is 0 Å². The van der Waals surface area contributed by atoms with Gasteiger partial charge in [0.05, 0.1) is 26.4 Å². The first-order chi connectivity index (χ1) is 10.7. The number of carbonyl (C=O) groups is 2. The van der Waals surface area contributed by atoms with E-state index >= 15 is 0 Å². The molecule has 0 saturated carbocycles. The van der Waals surface area contributed by atoms with Crippen LogP contribution >= 0.6 is 0 Å². The summed E-state index contributed by atoms with van der Waals surface area (Å²) in [6.07, 6.45) is 0. The molecule has 0 radical (unpaired) electrons. The Kier molecular flexibility index (Phi) is 13.2. The van der Waals surface area contributed by atoms with Gasteiger partial charge in [0, 0.05) is 9.82 Å². The molecular weight excluding hydrogens is 300 g/mol. The Morgan fingerprint density at radius 2 is 1.09 bits per heavy atom. The zero-order chi connectivity index (χ0) is 16.5. The third kappa shape index (κ3) is 13.9. The van der Waals surface area contributed by atoms with Crippen LogP contribution < -0.4 is 0 Å². The van der Waals surface area contributed by atoms with Crippen molar-refractivity contribution in [2.24, 2.45) is 10.2 Å². The van der Waals surface area contributed by atoms with E-state index in [-0.39, 0.29) is 52.7 Å². The number of ether oxygens (including phenoxy) is 4. The second-order valence-electron chi connectivity index (χ2n) is 3.44. The van der Waals surface area contributed by atoms with Crippen LogP contribution in [0, 0.1) is 0 Å². The molecule has 0 aliphatic rings. The maximum atomic E-state index is 10.9. The molecule has 0 aromatic heterocycles. The van der Waals surface area contributed by atoms with Crippen molar-refractivity contribution in [3.05, 3.63) is 20.9 Å². The van der Waals surface area contributed by atoms with Crippen molar-refractivity contribution in [3.8, 4) is 0 Å². The van der Waals surface area contributed by atoms with E-state index in [9.17, 15) is 9.59 Å². The van der Waals surface area contributed by atoms with E-state index in [0.29, 0.717) is 0 Å². The molecule has 0 aliphatic carbocycles. The summed E-state index contributed by atoms with van der Waals surface area (Å²) in [6, 6.07) is 0. The molecule has 0 rings (SSSR count). The first-order valence-electron chi connectivity index (χ1n) is 6.19. The summed E-state index contributed by atoms with van der Waals surface area (Å²) in [5, 5.41) is 6.09. The number of carbonyl (C=O) groups excluding carboxylic acids is 2. The highest BCUT2D eigenvalue weighted by Gasteiger charge is 2.01. The first-order valence-corrected chi connectivity index (χ1v) is 6.19. The molecule has 0 fully saturated rings. The Balaban J connectivity index is 3.26. The van der Waals surface area contributed by atoms with Gasteiger partial charge < -0.3 is 18.9 Å². The van der Waals surface area contributed by atoms with E-state index in [1.165, 1.54) is 0 Å². The van der Waals surface area contributed by atoms with Crippen LogP contribution in [0.3, 0.4) is 0 Å². The summed E-state index contributed by atoms with van der Waals surface area (Å²) in [6.45, 7) is 0.337. The second kappa shape index (κ2) is 14.9. The number of rotatable bonds is 13. The molecule has 22 heavy (non-hydrogen) atoms. The lowest BCUT2D eigenvalue weighted by molar-refractivity contribution is -0.145. The fraction of sp³-hybridized carbons (Fsp3) is 0.800. The maximum Gasteiger partial charge on any atom is 0.311 e. The highest BCUT2D eigenvalue weighted by molar-refractivity contribution is 5.72. The van der Waals surface area contributed by atoms with Crippen LogP contribution in [-0.2, 0) is 28.5 Å². The summed E-state index contributed by atoms with van der Waals surface area (Å²) in [7, 11) is 0. The number of hydrogen-bond donors (Lipinski definition) is 0. The van der Waals surface area contributed by atoms with Gasteiger partial charge in [-0.1, -0.05) is 10.2 Å². The molecule has 0 aromatic carbocycles. The predicted octanol–water partition coefficient (Wildman–Crippen LogP) is 0.727. The molecule has 0 heterocycles. The largest absolute Gasteiger partial charge is 0.463 e. The lowest BCUT2D eigenvalue weighted by atomic mass is 10.6. The molecule has 0 bridgehead atoms. The zero-order valence-corrected chi connectivity index (χ0v) is 11.8. The SMILES string of the molecule is [N-]=[N+]=NCC(=O)OCCOCCOCCOC(=O)CN=[N+]=[N-]. The Hall–Kier alpha value is -2.52. The summed E-state index contributed by atoms with van der Waals surface area (Å²) < 4.78 is 19.6.